The summed E-state index contributed by atoms with van der Waals surface area (Å²) >= 11 is 0. The molecule has 9 heteroatoms. The number of alkyl halides is 1. The van der Waals surface area contributed by atoms with Crippen molar-refractivity contribution in [3.05, 3.63) is 75.5 Å². The Hall–Kier alpha value is -4.29. The summed E-state index contributed by atoms with van der Waals surface area (Å²) in [6.07, 6.45) is 0.411. The van der Waals surface area contributed by atoms with Gasteiger partial charge in [0.15, 0.2) is 0 Å². The van der Waals surface area contributed by atoms with Crippen LogP contribution in [0.25, 0.3) is 33.0 Å². The highest BCUT2D eigenvalue weighted by Crippen LogP contribution is 2.42. The second-order valence-electron chi connectivity index (χ2n) is 8.29. The van der Waals surface area contributed by atoms with Crippen molar-refractivity contribution in [2.45, 2.75) is 26.1 Å². The molecule has 0 spiro atoms. The van der Waals surface area contributed by atoms with Crippen LogP contribution in [0.2, 0.25) is 0 Å². The van der Waals surface area contributed by atoms with Gasteiger partial charge >= 0.3 is 0 Å². The first kappa shape index (κ1) is 22.5. The monoisotopic (exact) mass is 470 g/mol. The van der Waals surface area contributed by atoms with E-state index in [9.17, 15) is 10.1 Å². The van der Waals surface area contributed by atoms with Crippen LogP contribution in [0.15, 0.2) is 47.4 Å². The fraction of sp³-hybridized carbons (Fsp3) is 0.231. The molecule has 0 unspecified atom stereocenters. The summed E-state index contributed by atoms with van der Waals surface area (Å²) in [5.74, 6) is 0.369. The van der Waals surface area contributed by atoms with Crippen LogP contribution in [0.3, 0.4) is 0 Å². The van der Waals surface area contributed by atoms with Gasteiger partial charge < -0.3 is 10.5 Å². The molecule has 0 aliphatic heterocycles. The van der Waals surface area contributed by atoms with Gasteiger partial charge in [0.2, 0.25) is 0 Å². The number of hydrogen-bond donors (Lipinski definition) is 2. The Kier molecular flexibility index (Phi) is 5.67. The van der Waals surface area contributed by atoms with Crippen LogP contribution < -0.4 is 16.0 Å². The average molecular weight is 471 g/mol. The van der Waals surface area contributed by atoms with Crippen molar-refractivity contribution in [2.24, 2.45) is 12.8 Å². The number of allylic oxidation sites excluding steroid dienone is 2. The Bertz CT molecular complexity index is 1590. The molecule has 176 valence electrons. The fourth-order valence-corrected chi connectivity index (χ4v) is 4.79. The number of nitrogens with two attached hydrogens (primary N) is 1. The van der Waals surface area contributed by atoms with Gasteiger partial charge in [0.05, 0.1) is 35.2 Å². The second-order valence-corrected chi connectivity index (χ2v) is 8.29. The number of aromatic amines is 1. The van der Waals surface area contributed by atoms with Crippen LogP contribution in [0, 0.1) is 11.3 Å². The minimum absolute atomic E-state index is 0.106. The summed E-state index contributed by atoms with van der Waals surface area (Å²) in [6.45, 7) is 2.27. The van der Waals surface area contributed by atoms with Gasteiger partial charge in [0, 0.05) is 36.5 Å². The molecule has 0 amide bonds. The van der Waals surface area contributed by atoms with Gasteiger partial charge in [0.25, 0.3) is 5.56 Å². The van der Waals surface area contributed by atoms with Crippen molar-refractivity contribution in [1.82, 2.24) is 20.0 Å². The minimum atomic E-state index is -1.38. The van der Waals surface area contributed by atoms with Crippen LogP contribution in [0.4, 0.5) is 4.39 Å². The number of hydrogen-bond acceptors (Lipinski definition) is 6. The molecule has 2 aromatic carbocycles. The standard InChI is InChI=1S/C26H23FN6O2/c1-3-35-22-10-15(8-17-21(12-29)31-32-26(34)24(17)22)19-13-30-33(2)25(19)23-18(11-28)16-7-5-4-6-14(16)9-20(23)27/h4-8,10,13,20H,3,9,12,29H2,1-2H3,(H,32,34)/t20-/m0/s1. The van der Waals surface area contributed by atoms with Gasteiger partial charge in [0.1, 0.15) is 18.0 Å². The number of ether oxygens (including phenoxy) is 1. The van der Waals surface area contributed by atoms with E-state index in [4.69, 9.17) is 10.5 Å². The zero-order valence-corrected chi connectivity index (χ0v) is 19.3. The van der Waals surface area contributed by atoms with E-state index in [-0.39, 0.29) is 24.1 Å². The van der Waals surface area contributed by atoms with Gasteiger partial charge in [-0.15, -0.1) is 0 Å². The third kappa shape index (κ3) is 3.59. The maximum atomic E-state index is 15.7. The van der Waals surface area contributed by atoms with Gasteiger partial charge in [-0.2, -0.15) is 15.5 Å². The van der Waals surface area contributed by atoms with Crippen molar-refractivity contribution in [3.63, 3.8) is 0 Å². The Morgan fingerprint density at radius 3 is 2.86 bits per heavy atom. The number of nitrogens with one attached hydrogen (secondary N) is 1. The van der Waals surface area contributed by atoms with Crippen molar-refractivity contribution in [1.29, 1.82) is 5.26 Å². The Balaban J connectivity index is 1.81. The molecular formula is C26H23FN6O2. The number of fused-ring (bicyclic) bond motifs is 2. The second kappa shape index (κ2) is 8.81. The summed E-state index contributed by atoms with van der Waals surface area (Å²) < 4.78 is 23.1. The number of H-pyrrole nitrogens is 1. The molecule has 0 saturated heterocycles. The minimum Gasteiger partial charge on any atom is -0.493 e. The summed E-state index contributed by atoms with van der Waals surface area (Å²) in [5, 5.41) is 21.9. The zero-order valence-electron chi connectivity index (χ0n) is 19.3. The molecule has 0 radical (unpaired) electrons. The molecular weight excluding hydrogens is 447 g/mol. The third-order valence-corrected chi connectivity index (χ3v) is 6.31. The highest BCUT2D eigenvalue weighted by atomic mass is 19.1. The number of aryl methyl sites for hydroxylation is 1. The van der Waals surface area contributed by atoms with Crippen LogP contribution in [0.1, 0.15) is 29.4 Å². The van der Waals surface area contributed by atoms with Crippen LogP contribution in [-0.2, 0) is 20.0 Å². The molecule has 0 bridgehead atoms. The predicted octanol–water partition coefficient (Wildman–Crippen LogP) is 3.51. The molecule has 1 aliphatic carbocycles. The average Bonchev–Trinajstić information content (AvgIpc) is 3.24. The Morgan fingerprint density at radius 1 is 1.31 bits per heavy atom. The van der Waals surface area contributed by atoms with Crippen molar-refractivity contribution in [2.75, 3.05) is 6.61 Å². The van der Waals surface area contributed by atoms with E-state index in [2.05, 4.69) is 21.4 Å². The number of halogens is 1. The lowest BCUT2D eigenvalue weighted by Crippen LogP contribution is -2.18. The normalized spacial score (nSPS) is 15.2. The van der Waals surface area contributed by atoms with Crippen LogP contribution in [-0.4, -0.2) is 32.8 Å². The van der Waals surface area contributed by atoms with E-state index in [1.54, 1.807) is 30.1 Å². The molecule has 2 heterocycles. The van der Waals surface area contributed by atoms with Crippen LogP contribution >= 0.6 is 0 Å². The Morgan fingerprint density at radius 2 is 2.11 bits per heavy atom. The molecule has 1 atom stereocenters. The molecule has 8 nitrogen and oxygen atoms in total. The number of nitriles is 1. The third-order valence-electron chi connectivity index (χ3n) is 6.31. The van der Waals surface area contributed by atoms with Crippen LogP contribution in [0.5, 0.6) is 5.75 Å². The number of rotatable bonds is 5. The van der Waals surface area contributed by atoms with E-state index >= 15 is 4.39 Å². The molecule has 2 aromatic heterocycles. The number of nitrogens with zero attached hydrogens (tertiary/aromatic N) is 4. The van der Waals surface area contributed by atoms with Gasteiger partial charge in [-0.25, -0.2) is 9.49 Å². The van der Waals surface area contributed by atoms with E-state index in [0.717, 1.165) is 11.1 Å². The molecule has 35 heavy (non-hydrogen) atoms. The first-order valence-corrected chi connectivity index (χ1v) is 11.3. The topological polar surface area (TPSA) is 123 Å². The highest BCUT2D eigenvalue weighted by Gasteiger charge is 2.32. The lowest BCUT2D eigenvalue weighted by atomic mass is 9.82. The van der Waals surface area contributed by atoms with Gasteiger partial charge in [-0.3, -0.25) is 9.48 Å². The summed E-state index contributed by atoms with van der Waals surface area (Å²) in [6, 6.07) is 13.1. The highest BCUT2D eigenvalue weighted by molar-refractivity contribution is 6.04. The molecule has 0 saturated carbocycles. The van der Waals surface area contributed by atoms with Crippen molar-refractivity contribution < 1.29 is 9.13 Å². The lowest BCUT2D eigenvalue weighted by Gasteiger charge is -2.24. The first-order valence-electron chi connectivity index (χ1n) is 11.3. The molecule has 1 aliphatic rings. The largest absolute Gasteiger partial charge is 0.493 e. The van der Waals surface area contributed by atoms with Crippen molar-refractivity contribution >= 4 is 21.9 Å². The number of benzene rings is 2. The summed E-state index contributed by atoms with van der Waals surface area (Å²) in [7, 11) is 1.72. The smallest absolute Gasteiger partial charge is 0.275 e. The van der Waals surface area contributed by atoms with E-state index in [0.29, 0.717) is 51.2 Å². The molecule has 4 aromatic rings. The summed E-state index contributed by atoms with van der Waals surface area (Å²) in [4.78, 5) is 12.6. The van der Waals surface area contributed by atoms with Gasteiger partial charge in [-0.05, 0) is 35.7 Å². The maximum Gasteiger partial charge on any atom is 0.275 e. The van der Waals surface area contributed by atoms with E-state index in [1.807, 2.05) is 31.2 Å². The molecule has 3 N–H and O–H groups in total. The van der Waals surface area contributed by atoms with Crippen molar-refractivity contribution in [3.8, 4) is 22.9 Å². The maximum absolute atomic E-state index is 15.7. The zero-order chi connectivity index (χ0) is 24.7. The fourth-order valence-electron chi connectivity index (χ4n) is 4.79. The quantitative estimate of drug-likeness (QED) is 0.460. The Labute approximate surface area is 200 Å². The lowest BCUT2D eigenvalue weighted by molar-refractivity contribution is 0.344. The molecule has 5 rings (SSSR count). The summed E-state index contributed by atoms with van der Waals surface area (Å²) in [5.41, 5.74) is 9.87. The predicted molar refractivity (Wildman–Crippen MR) is 131 cm³/mol. The molecule has 0 fully saturated rings. The van der Waals surface area contributed by atoms with E-state index in [1.165, 1.54) is 0 Å². The SMILES string of the molecule is CCOc1cc(-c2cnn(C)c2C2=C(C#N)c3ccccc3C[C@@H]2F)cc2c(CN)n[nH]c(=O)c12. The van der Waals surface area contributed by atoms with Gasteiger partial charge in [-0.1, -0.05) is 24.3 Å². The van der Waals surface area contributed by atoms with E-state index < -0.39 is 6.17 Å². The first-order chi connectivity index (χ1) is 17.0. The number of aromatic nitrogens is 4.